The molecule has 4 heterocycles. The van der Waals surface area contributed by atoms with Crippen molar-refractivity contribution in [3.63, 3.8) is 0 Å². The predicted molar refractivity (Wildman–Crippen MR) is 352 cm³/mol. The molecule has 0 saturated carbocycles. The van der Waals surface area contributed by atoms with Crippen LogP contribution in [0.15, 0.2) is 218 Å². The average Bonchev–Trinajstić information content (AvgIpc) is 1.10. The number of rotatable bonds is 8. The summed E-state index contributed by atoms with van der Waals surface area (Å²) in [6.07, 6.45) is 0. The number of anilines is 16. The number of hydrogen-bond donors (Lipinski definition) is 2. The number of hydrogen-bond acceptors (Lipinski definition) is 6. The lowest BCUT2D eigenvalue weighted by Gasteiger charge is -2.45. The highest BCUT2D eigenvalue weighted by molar-refractivity contribution is 7.03. The van der Waals surface area contributed by atoms with Gasteiger partial charge in [-0.05, 0) is 203 Å². The lowest BCUT2D eigenvalue weighted by molar-refractivity contribution is 1.23. The summed E-state index contributed by atoms with van der Waals surface area (Å²) >= 11 is 0. The summed E-state index contributed by atoms with van der Waals surface area (Å²) in [6, 6.07) is 82.9. The fraction of sp³-hybridized carbons (Fsp3) is 0.108. The fourth-order valence-corrected chi connectivity index (χ4v) is 13.3. The van der Waals surface area contributed by atoms with Crippen LogP contribution in [-0.2, 0) is 0 Å². The molecular formula is C74H62B2N6. The Balaban J connectivity index is 1.04. The normalized spacial score (nSPS) is 13.0. The Morgan fingerprint density at radius 3 is 0.890 bits per heavy atom. The Hall–Kier alpha value is -9.65. The van der Waals surface area contributed by atoms with Crippen molar-refractivity contribution in [2.45, 2.75) is 55.4 Å². The highest BCUT2D eigenvalue weighted by atomic mass is 15.2. The van der Waals surface area contributed by atoms with Gasteiger partial charge in [-0.3, -0.25) is 0 Å². The molecule has 0 amide bonds. The Morgan fingerprint density at radius 2 is 0.561 bits per heavy atom. The third-order valence-electron chi connectivity index (χ3n) is 17.5. The van der Waals surface area contributed by atoms with Crippen LogP contribution in [0.5, 0.6) is 0 Å². The van der Waals surface area contributed by atoms with Gasteiger partial charge in [-0.1, -0.05) is 148 Å². The van der Waals surface area contributed by atoms with E-state index in [0.717, 1.165) is 91.0 Å². The van der Waals surface area contributed by atoms with Crippen LogP contribution in [0.25, 0.3) is 0 Å². The summed E-state index contributed by atoms with van der Waals surface area (Å²) in [5.74, 6) is 0. The molecule has 0 fully saturated rings. The van der Waals surface area contributed by atoms with Crippen LogP contribution in [0.4, 0.5) is 91.0 Å². The quantitative estimate of drug-likeness (QED) is 0.148. The summed E-state index contributed by atoms with van der Waals surface area (Å²) in [5, 5.41) is 8.14. The van der Waals surface area contributed by atoms with Crippen LogP contribution in [0.2, 0.25) is 0 Å². The summed E-state index contributed by atoms with van der Waals surface area (Å²) in [4.78, 5) is 9.98. The van der Waals surface area contributed by atoms with Crippen LogP contribution in [0.3, 0.4) is 0 Å². The van der Waals surface area contributed by atoms with E-state index in [1.165, 1.54) is 77.3 Å². The Morgan fingerprint density at radius 1 is 0.256 bits per heavy atom. The summed E-state index contributed by atoms with van der Waals surface area (Å²) in [6.45, 7) is 17.3. The van der Waals surface area contributed by atoms with Gasteiger partial charge in [0.1, 0.15) is 0 Å². The van der Waals surface area contributed by atoms with Gasteiger partial charge in [-0.25, -0.2) is 0 Å². The van der Waals surface area contributed by atoms with Gasteiger partial charge >= 0.3 is 0 Å². The maximum absolute atomic E-state index is 4.07. The third-order valence-corrected chi connectivity index (χ3v) is 17.5. The van der Waals surface area contributed by atoms with Gasteiger partial charge in [-0.2, -0.15) is 0 Å². The molecule has 15 rings (SSSR count). The van der Waals surface area contributed by atoms with E-state index in [4.69, 9.17) is 0 Å². The lowest BCUT2D eigenvalue weighted by Crippen LogP contribution is -2.64. The molecule has 82 heavy (non-hydrogen) atoms. The van der Waals surface area contributed by atoms with E-state index in [0.29, 0.717) is 0 Å². The Bertz CT molecular complexity index is 3990. The van der Waals surface area contributed by atoms with Gasteiger partial charge in [0.15, 0.2) is 0 Å². The first-order valence-corrected chi connectivity index (χ1v) is 28.8. The molecule has 2 N–H and O–H groups in total. The van der Waals surface area contributed by atoms with Crippen molar-refractivity contribution in [3.05, 3.63) is 263 Å². The first-order valence-electron chi connectivity index (χ1n) is 28.8. The molecule has 0 saturated heterocycles. The number of aryl methyl sites for hydroxylation is 8. The third kappa shape index (κ3) is 8.10. The zero-order chi connectivity index (χ0) is 55.7. The van der Waals surface area contributed by atoms with E-state index in [-0.39, 0.29) is 13.4 Å². The van der Waals surface area contributed by atoms with E-state index < -0.39 is 0 Å². The highest BCUT2D eigenvalue weighted by Gasteiger charge is 2.47. The molecule has 8 heteroatoms. The fourth-order valence-electron chi connectivity index (χ4n) is 13.3. The molecule has 394 valence electrons. The van der Waals surface area contributed by atoms with Crippen molar-refractivity contribution in [1.29, 1.82) is 0 Å². The predicted octanol–water partition coefficient (Wildman–Crippen LogP) is 15.8. The van der Waals surface area contributed by atoms with E-state index in [2.05, 4.69) is 304 Å². The number of nitrogens with one attached hydrogen (secondary N) is 2. The molecule has 11 aromatic rings. The number of nitrogens with zero attached hydrogens (tertiary/aromatic N) is 4. The minimum Gasteiger partial charge on any atom is -0.356 e. The summed E-state index contributed by atoms with van der Waals surface area (Å²) < 4.78 is 0. The first kappa shape index (κ1) is 49.4. The van der Waals surface area contributed by atoms with Gasteiger partial charge in [0.2, 0.25) is 0 Å². The van der Waals surface area contributed by atoms with Crippen LogP contribution >= 0.6 is 0 Å². The van der Waals surface area contributed by atoms with E-state index >= 15 is 0 Å². The van der Waals surface area contributed by atoms with Crippen molar-refractivity contribution in [1.82, 2.24) is 0 Å². The molecule has 6 nitrogen and oxygen atoms in total. The Kier molecular flexibility index (Phi) is 11.4. The molecule has 0 spiro atoms. The molecule has 11 aromatic carbocycles. The topological polar surface area (TPSA) is 37.0 Å². The van der Waals surface area contributed by atoms with Gasteiger partial charge in [-0.15, -0.1) is 0 Å². The van der Waals surface area contributed by atoms with Crippen molar-refractivity contribution in [2.24, 2.45) is 0 Å². The van der Waals surface area contributed by atoms with E-state index in [1.807, 2.05) is 0 Å². The standard InChI is InChI=1S/C74H62B2N6/c1-45-9-23-53(24-10-45)79(54-25-11-46(2)12-26-54)59-39-67-73-71(41-59)81(57-31-17-49(5)18-32-57)69-44-70-64(43-63(69)75(73)61-37-51(7)21-35-65(61)77-67)76-62-38-52(8)22-36-66(62)78-68-40-60(42-72(74(68)76)82(70)58-33-19-50(6)20-34-58)80(55-27-13-47(3)14-28-55)56-29-15-48(4)16-30-56/h9-44,77-78H,1-8H3. The second-order valence-electron chi connectivity index (χ2n) is 23.5. The minimum absolute atomic E-state index is 0.0864. The van der Waals surface area contributed by atoms with Gasteiger partial charge < -0.3 is 30.2 Å². The molecule has 0 radical (unpaired) electrons. The first-order chi connectivity index (χ1) is 39.9. The van der Waals surface area contributed by atoms with Crippen molar-refractivity contribution >= 4 is 137 Å². The highest BCUT2D eigenvalue weighted by Crippen LogP contribution is 2.49. The van der Waals surface area contributed by atoms with Crippen LogP contribution < -0.4 is 63.0 Å². The minimum atomic E-state index is -0.0864. The molecular weight excluding hydrogens is 994 g/mol. The van der Waals surface area contributed by atoms with Crippen LogP contribution in [0.1, 0.15) is 44.5 Å². The van der Waals surface area contributed by atoms with Gasteiger partial charge in [0.05, 0.1) is 11.4 Å². The smallest absolute Gasteiger partial charge is 0.252 e. The van der Waals surface area contributed by atoms with Crippen LogP contribution in [0, 0.1) is 55.4 Å². The summed E-state index contributed by atoms with van der Waals surface area (Å²) in [5.41, 5.74) is 35.3. The second kappa shape index (κ2) is 19.0. The van der Waals surface area contributed by atoms with Crippen molar-refractivity contribution in [3.8, 4) is 0 Å². The van der Waals surface area contributed by atoms with Gasteiger partial charge in [0, 0.05) is 79.6 Å². The Labute approximate surface area is 483 Å². The lowest BCUT2D eigenvalue weighted by atomic mass is 9.30. The molecule has 4 aliphatic heterocycles. The largest absolute Gasteiger partial charge is 0.356 e. The summed E-state index contributed by atoms with van der Waals surface area (Å²) in [7, 11) is 0. The molecule has 0 bridgehead atoms. The monoisotopic (exact) mass is 1060 g/mol. The molecule has 0 aromatic heterocycles. The van der Waals surface area contributed by atoms with Crippen molar-refractivity contribution in [2.75, 3.05) is 30.2 Å². The second-order valence-corrected chi connectivity index (χ2v) is 23.5. The molecule has 0 atom stereocenters. The van der Waals surface area contributed by atoms with Gasteiger partial charge in [0.25, 0.3) is 13.4 Å². The SMILES string of the molecule is Cc1ccc(N(c2ccc(C)cc2)c2cc3c4c(c2)N(c2ccc(C)cc2)c2cc5c(cc2B4c2cc(C)ccc2N3)B2c3cc(C)ccc3Nc3cc(N(c4ccc(C)cc4)c4ccc(C)cc4)cc(c32)N5c2ccc(C)cc2)cc1. The number of benzene rings is 11. The maximum atomic E-state index is 4.07. The molecule has 0 aliphatic carbocycles. The van der Waals surface area contributed by atoms with Crippen molar-refractivity contribution < 1.29 is 0 Å². The zero-order valence-corrected chi connectivity index (χ0v) is 47.7. The molecule has 4 aliphatic rings. The maximum Gasteiger partial charge on any atom is 0.252 e. The van der Waals surface area contributed by atoms with Crippen LogP contribution in [-0.4, -0.2) is 13.4 Å². The van der Waals surface area contributed by atoms with E-state index in [1.54, 1.807) is 0 Å². The number of fused-ring (bicyclic) bond motifs is 8. The average molecular weight is 1060 g/mol. The zero-order valence-electron chi connectivity index (χ0n) is 47.7. The van der Waals surface area contributed by atoms with E-state index in [9.17, 15) is 0 Å². The molecule has 0 unspecified atom stereocenters.